The second-order valence-electron chi connectivity index (χ2n) is 7.35. The Kier molecular flexibility index (Phi) is 8.12. The monoisotopic (exact) mass is 546 g/mol. The number of carbonyl (C=O) groups is 1. The van der Waals surface area contributed by atoms with E-state index in [0.717, 1.165) is 18.7 Å². The zero-order chi connectivity index (χ0) is 26.4. The lowest BCUT2D eigenvalue weighted by Crippen LogP contribution is -2.66. The summed E-state index contributed by atoms with van der Waals surface area (Å²) in [4.78, 5) is 12.6. The fourth-order valence-electron chi connectivity index (χ4n) is 2.90. The quantitative estimate of drug-likeness (QED) is 0.337. The number of alkyl halides is 9. The third-order valence-electron chi connectivity index (χ3n) is 4.64. The minimum absolute atomic E-state index is 0.286. The number of esters is 1. The summed E-state index contributed by atoms with van der Waals surface area (Å²) in [5.41, 5.74) is 0. The van der Waals surface area contributed by atoms with Crippen molar-refractivity contribution < 1.29 is 65.9 Å². The van der Waals surface area contributed by atoms with Crippen molar-refractivity contribution in [3.8, 4) is 0 Å². The molecule has 0 saturated carbocycles. The Morgan fingerprint density at radius 3 is 1.67 bits per heavy atom. The first-order valence-electron chi connectivity index (χ1n) is 8.71. The topological polar surface area (TPSA) is 101 Å². The van der Waals surface area contributed by atoms with Crippen LogP contribution in [-0.4, -0.2) is 99.2 Å². The van der Waals surface area contributed by atoms with Gasteiger partial charge in [0, 0.05) is 31.4 Å². The third kappa shape index (κ3) is 5.67. The van der Waals surface area contributed by atoms with Crippen LogP contribution in [0, 0.1) is 0 Å². The Balaban J connectivity index is 3.13. The standard InChI is InChI=1S/C14H19F9N2O6S2/c1-8-4-24(5-9(2)25(8)6-10(26)31-7-11(15,16)17)33(29,30)14(22,23)12(18,19)13(20,21)32(3,27)28/h8-9H,4-7H2,1-3H3. The normalized spacial score (nSPS) is 22.9. The summed E-state index contributed by atoms with van der Waals surface area (Å²) >= 11 is 0. The van der Waals surface area contributed by atoms with Crippen LogP contribution < -0.4 is 0 Å². The molecule has 8 nitrogen and oxygen atoms in total. The molecule has 0 bridgehead atoms. The zero-order valence-corrected chi connectivity index (χ0v) is 18.7. The molecule has 19 heteroatoms. The number of carbonyl (C=O) groups excluding carboxylic acids is 1. The summed E-state index contributed by atoms with van der Waals surface area (Å²) in [5.74, 6) is -8.27. The third-order valence-corrected chi connectivity index (χ3v) is 7.71. The van der Waals surface area contributed by atoms with Crippen LogP contribution in [0.2, 0.25) is 0 Å². The molecule has 0 aromatic heterocycles. The van der Waals surface area contributed by atoms with Crippen LogP contribution in [0.25, 0.3) is 0 Å². The molecular formula is C14H19F9N2O6S2. The molecule has 0 N–H and O–H groups in total. The maximum absolute atomic E-state index is 14.2. The van der Waals surface area contributed by atoms with Gasteiger partial charge in [-0.3, -0.25) is 9.69 Å². The maximum Gasteiger partial charge on any atom is 0.428 e. The summed E-state index contributed by atoms with van der Waals surface area (Å²) in [7, 11) is -12.8. The van der Waals surface area contributed by atoms with Gasteiger partial charge in [0.1, 0.15) is 0 Å². The van der Waals surface area contributed by atoms with E-state index in [2.05, 4.69) is 4.74 Å². The smallest absolute Gasteiger partial charge is 0.428 e. The van der Waals surface area contributed by atoms with E-state index in [0.29, 0.717) is 0 Å². The van der Waals surface area contributed by atoms with Crippen LogP contribution in [0.3, 0.4) is 0 Å². The van der Waals surface area contributed by atoms with Gasteiger partial charge >= 0.3 is 28.6 Å². The van der Waals surface area contributed by atoms with E-state index in [9.17, 15) is 61.1 Å². The van der Waals surface area contributed by atoms with Crippen molar-refractivity contribution in [1.29, 1.82) is 0 Å². The lowest BCUT2D eigenvalue weighted by Gasteiger charge is -2.44. The molecule has 0 aliphatic carbocycles. The van der Waals surface area contributed by atoms with Crippen molar-refractivity contribution in [1.82, 2.24) is 9.21 Å². The Morgan fingerprint density at radius 1 is 0.879 bits per heavy atom. The van der Waals surface area contributed by atoms with Crippen LogP contribution >= 0.6 is 0 Å². The molecule has 1 aliphatic rings. The van der Waals surface area contributed by atoms with Gasteiger partial charge < -0.3 is 4.74 Å². The van der Waals surface area contributed by atoms with Gasteiger partial charge in [-0.2, -0.15) is 43.8 Å². The van der Waals surface area contributed by atoms with E-state index in [1.807, 2.05) is 0 Å². The molecule has 0 radical (unpaired) electrons. The first-order chi connectivity index (χ1) is 14.4. The fourth-order valence-corrected chi connectivity index (χ4v) is 5.16. The van der Waals surface area contributed by atoms with Gasteiger partial charge in [0.05, 0.1) is 6.54 Å². The van der Waals surface area contributed by atoms with Crippen LogP contribution in [-0.2, 0) is 29.4 Å². The highest BCUT2D eigenvalue weighted by Crippen LogP contribution is 2.51. The highest BCUT2D eigenvalue weighted by Gasteiger charge is 2.81. The van der Waals surface area contributed by atoms with Crippen molar-refractivity contribution >= 4 is 25.8 Å². The molecule has 1 aliphatic heterocycles. The number of hydrogen-bond donors (Lipinski definition) is 0. The zero-order valence-electron chi connectivity index (χ0n) is 17.0. The molecule has 1 heterocycles. The molecular weight excluding hydrogens is 527 g/mol. The highest BCUT2D eigenvalue weighted by atomic mass is 32.2. The van der Waals surface area contributed by atoms with Crippen LogP contribution in [0.1, 0.15) is 13.8 Å². The van der Waals surface area contributed by atoms with E-state index in [1.165, 1.54) is 0 Å². The van der Waals surface area contributed by atoms with Crippen molar-refractivity contribution in [2.75, 3.05) is 32.5 Å². The minimum atomic E-state index is -6.86. The van der Waals surface area contributed by atoms with E-state index in [1.54, 1.807) is 0 Å². The first-order valence-corrected chi connectivity index (χ1v) is 12.0. The number of piperazine rings is 1. The summed E-state index contributed by atoms with van der Waals surface area (Å²) in [6, 6.07) is -2.50. The minimum Gasteiger partial charge on any atom is -0.455 e. The molecule has 0 amide bonds. The van der Waals surface area contributed by atoms with Crippen molar-refractivity contribution in [2.24, 2.45) is 0 Å². The van der Waals surface area contributed by atoms with E-state index in [4.69, 9.17) is 0 Å². The Hall–Kier alpha value is -1.34. The van der Waals surface area contributed by atoms with Gasteiger partial charge in [-0.1, -0.05) is 0 Å². The second kappa shape index (κ2) is 9.03. The van der Waals surface area contributed by atoms with Crippen LogP contribution in [0.5, 0.6) is 0 Å². The number of sulfone groups is 1. The lowest BCUT2D eigenvalue weighted by molar-refractivity contribution is -0.245. The molecule has 1 saturated heterocycles. The maximum atomic E-state index is 14.2. The van der Waals surface area contributed by atoms with Gasteiger partial charge in [-0.25, -0.2) is 16.8 Å². The number of halogens is 9. The number of hydrogen-bond acceptors (Lipinski definition) is 7. The fraction of sp³-hybridized carbons (Fsp3) is 0.929. The Morgan fingerprint density at radius 2 is 1.30 bits per heavy atom. The van der Waals surface area contributed by atoms with Gasteiger partial charge in [0.2, 0.25) is 9.84 Å². The molecule has 0 aromatic carbocycles. The average Bonchev–Trinajstić information content (AvgIpc) is 2.60. The second-order valence-corrected chi connectivity index (χ2v) is 11.4. The Bertz CT molecular complexity index is 941. The van der Waals surface area contributed by atoms with Gasteiger partial charge in [0.25, 0.3) is 10.0 Å². The summed E-state index contributed by atoms with van der Waals surface area (Å²) in [6.45, 7) is -2.72. The number of sulfonamides is 1. The highest BCUT2D eigenvalue weighted by molar-refractivity contribution is 7.92. The average molecular weight is 546 g/mol. The summed E-state index contributed by atoms with van der Waals surface area (Å²) < 4.78 is 170. The van der Waals surface area contributed by atoms with Crippen molar-refractivity contribution in [3.05, 3.63) is 0 Å². The van der Waals surface area contributed by atoms with Gasteiger partial charge in [-0.05, 0) is 13.8 Å². The molecule has 0 aromatic rings. The van der Waals surface area contributed by atoms with Gasteiger partial charge in [0.15, 0.2) is 6.61 Å². The molecule has 1 rings (SSSR count). The predicted octanol–water partition coefficient (Wildman–Crippen LogP) is 1.68. The largest absolute Gasteiger partial charge is 0.455 e. The van der Waals surface area contributed by atoms with Crippen LogP contribution in [0.4, 0.5) is 39.5 Å². The number of nitrogens with zero attached hydrogens (tertiary/aromatic N) is 2. The van der Waals surface area contributed by atoms with E-state index < -0.39 is 93.0 Å². The molecule has 33 heavy (non-hydrogen) atoms. The molecule has 196 valence electrons. The van der Waals surface area contributed by atoms with Crippen molar-refractivity contribution in [3.63, 3.8) is 0 Å². The van der Waals surface area contributed by atoms with Crippen molar-refractivity contribution in [2.45, 2.75) is 48.5 Å². The van der Waals surface area contributed by atoms with Gasteiger partial charge in [-0.15, -0.1) is 0 Å². The molecule has 2 unspecified atom stereocenters. The summed E-state index contributed by atoms with van der Waals surface area (Å²) in [5, 5.41) is -13.0. The predicted molar refractivity (Wildman–Crippen MR) is 92.8 cm³/mol. The molecule has 1 fully saturated rings. The molecule has 0 spiro atoms. The van der Waals surface area contributed by atoms with E-state index >= 15 is 0 Å². The Labute approximate surface area is 182 Å². The number of ether oxygens (including phenoxy) is 1. The SMILES string of the molecule is CC1CN(S(=O)(=O)C(F)(F)C(F)(F)C(F)(F)S(C)(=O)=O)CC(C)N1CC(=O)OCC(F)(F)F. The lowest BCUT2D eigenvalue weighted by atomic mass is 10.1. The molecule has 2 atom stereocenters. The van der Waals surface area contributed by atoms with E-state index in [-0.39, 0.29) is 4.31 Å². The summed E-state index contributed by atoms with van der Waals surface area (Å²) in [6.07, 6.45) is -5.32. The first kappa shape index (κ1) is 29.7. The van der Waals surface area contributed by atoms with Crippen LogP contribution in [0.15, 0.2) is 0 Å². The number of rotatable bonds is 8.